The van der Waals surface area contributed by atoms with Crippen LogP contribution in [-0.4, -0.2) is 40.8 Å². The summed E-state index contributed by atoms with van der Waals surface area (Å²) < 4.78 is 15.2. The van der Waals surface area contributed by atoms with Gasteiger partial charge in [-0.25, -0.2) is 9.37 Å². The van der Waals surface area contributed by atoms with Crippen molar-refractivity contribution in [1.29, 1.82) is 0 Å². The second kappa shape index (κ2) is 10.6. The van der Waals surface area contributed by atoms with Gasteiger partial charge in [-0.1, -0.05) is 46.3 Å². The third-order valence-electron chi connectivity index (χ3n) is 5.86. The molecule has 2 aromatic carbocycles. The zero-order valence-corrected chi connectivity index (χ0v) is 20.7. The van der Waals surface area contributed by atoms with Crippen molar-refractivity contribution in [3.63, 3.8) is 0 Å². The highest BCUT2D eigenvalue weighted by Crippen LogP contribution is 2.33. The molecule has 1 aliphatic heterocycles. The summed E-state index contributed by atoms with van der Waals surface area (Å²) in [6.07, 6.45) is 1.75. The van der Waals surface area contributed by atoms with Crippen LogP contribution in [0.3, 0.4) is 0 Å². The number of amides is 2. The van der Waals surface area contributed by atoms with Crippen LogP contribution >= 0.6 is 27.3 Å². The lowest BCUT2D eigenvalue weighted by Crippen LogP contribution is -2.51. The van der Waals surface area contributed by atoms with E-state index < -0.39 is 6.04 Å². The van der Waals surface area contributed by atoms with Crippen molar-refractivity contribution in [2.75, 3.05) is 13.1 Å². The van der Waals surface area contributed by atoms with E-state index in [2.05, 4.69) is 32.7 Å². The summed E-state index contributed by atoms with van der Waals surface area (Å²) in [6.45, 7) is 2.55. The van der Waals surface area contributed by atoms with E-state index in [1.807, 2.05) is 18.2 Å². The molecule has 8 heteroatoms. The summed E-state index contributed by atoms with van der Waals surface area (Å²) in [4.78, 5) is 31.5. The fourth-order valence-corrected chi connectivity index (χ4v) is 5.55. The Kier molecular flexibility index (Phi) is 7.55. The highest BCUT2D eigenvalue weighted by molar-refractivity contribution is 9.10. The molecule has 33 heavy (non-hydrogen) atoms. The summed E-state index contributed by atoms with van der Waals surface area (Å²) in [7, 11) is 0. The van der Waals surface area contributed by atoms with Crippen molar-refractivity contribution in [2.24, 2.45) is 0 Å². The summed E-state index contributed by atoms with van der Waals surface area (Å²) >= 11 is 5.16. The third-order valence-corrected chi connectivity index (χ3v) is 7.36. The molecule has 2 heterocycles. The molecule has 1 N–H and O–H groups in total. The maximum absolute atomic E-state index is 14.1. The zero-order chi connectivity index (χ0) is 23.4. The van der Waals surface area contributed by atoms with E-state index in [0.29, 0.717) is 24.6 Å². The number of carbonyl (C=O) groups is 2. The number of nitrogens with one attached hydrogen (secondary N) is 1. The van der Waals surface area contributed by atoms with E-state index in [1.165, 1.54) is 13.0 Å². The van der Waals surface area contributed by atoms with Gasteiger partial charge in [0.1, 0.15) is 11.9 Å². The predicted octanol–water partition coefficient (Wildman–Crippen LogP) is 5.17. The smallest absolute Gasteiger partial charge is 0.245 e. The van der Waals surface area contributed by atoms with Crippen LogP contribution in [0, 0.1) is 5.82 Å². The summed E-state index contributed by atoms with van der Waals surface area (Å²) in [6, 6.07) is 13.7. The number of rotatable bonds is 6. The lowest BCUT2D eigenvalue weighted by atomic mass is 9.96. The number of piperidine rings is 1. The molecule has 1 atom stereocenters. The van der Waals surface area contributed by atoms with Crippen LogP contribution < -0.4 is 5.32 Å². The van der Waals surface area contributed by atoms with Crippen molar-refractivity contribution in [3.05, 3.63) is 74.8 Å². The average Bonchev–Trinajstić information content (AvgIpc) is 3.30. The van der Waals surface area contributed by atoms with Crippen LogP contribution in [0.15, 0.2) is 58.4 Å². The maximum atomic E-state index is 14.1. The normalized spacial score (nSPS) is 15.3. The fourth-order valence-electron chi connectivity index (χ4n) is 4.15. The number of halogens is 2. The number of carbonyl (C=O) groups excluding carboxylic acids is 2. The standard InChI is InChI=1S/C25H25BrFN3O2S/c1-16(31)28-22(14-18-5-2-3-8-21(18)27)25(32)30-11-9-17(10-12-30)24-29-23(15-33-24)19-6-4-7-20(26)13-19/h2-8,13,15,17,22H,9-12,14H2,1H3,(H,28,31). The molecule has 0 radical (unpaired) electrons. The number of nitrogens with zero attached hydrogens (tertiary/aromatic N) is 2. The number of hydrogen-bond donors (Lipinski definition) is 1. The van der Waals surface area contributed by atoms with Gasteiger partial charge in [0.05, 0.1) is 10.7 Å². The Morgan fingerprint density at radius 1 is 1.21 bits per heavy atom. The van der Waals surface area contributed by atoms with E-state index in [9.17, 15) is 14.0 Å². The van der Waals surface area contributed by atoms with Crippen molar-refractivity contribution < 1.29 is 14.0 Å². The number of likely N-dealkylation sites (tertiary alicyclic amines) is 1. The first kappa shape index (κ1) is 23.6. The van der Waals surface area contributed by atoms with Gasteiger partial charge < -0.3 is 10.2 Å². The van der Waals surface area contributed by atoms with Gasteiger partial charge in [0.15, 0.2) is 0 Å². The summed E-state index contributed by atoms with van der Waals surface area (Å²) in [5.41, 5.74) is 2.46. The number of hydrogen-bond acceptors (Lipinski definition) is 4. The molecule has 2 amide bonds. The highest BCUT2D eigenvalue weighted by atomic mass is 79.9. The molecule has 1 unspecified atom stereocenters. The lowest BCUT2D eigenvalue weighted by molar-refractivity contribution is -0.137. The molecule has 5 nitrogen and oxygen atoms in total. The molecule has 1 aliphatic rings. The van der Waals surface area contributed by atoms with E-state index >= 15 is 0 Å². The Labute approximate surface area is 205 Å². The van der Waals surface area contributed by atoms with Gasteiger partial charge in [-0.3, -0.25) is 9.59 Å². The largest absolute Gasteiger partial charge is 0.344 e. The van der Waals surface area contributed by atoms with Crippen molar-refractivity contribution in [2.45, 2.75) is 38.1 Å². The first-order valence-corrected chi connectivity index (χ1v) is 12.6. The number of thiazole rings is 1. The van der Waals surface area contributed by atoms with Crippen molar-refractivity contribution in [3.8, 4) is 11.3 Å². The van der Waals surface area contributed by atoms with Crippen LogP contribution in [0.1, 0.15) is 36.3 Å². The zero-order valence-electron chi connectivity index (χ0n) is 18.3. The summed E-state index contributed by atoms with van der Waals surface area (Å²) in [5, 5.41) is 5.87. The fraction of sp³-hybridized carbons (Fsp3) is 0.320. The Balaban J connectivity index is 1.40. The quantitative estimate of drug-likeness (QED) is 0.479. The number of aromatic nitrogens is 1. The monoisotopic (exact) mass is 529 g/mol. The van der Waals surface area contributed by atoms with E-state index in [4.69, 9.17) is 4.98 Å². The molecule has 172 valence electrons. The molecule has 1 saturated heterocycles. The first-order chi connectivity index (χ1) is 15.9. The van der Waals surface area contributed by atoms with Gasteiger partial charge in [0.25, 0.3) is 0 Å². The molecule has 0 aliphatic carbocycles. The Morgan fingerprint density at radius 2 is 1.97 bits per heavy atom. The second-order valence-electron chi connectivity index (χ2n) is 8.23. The maximum Gasteiger partial charge on any atom is 0.245 e. The molecule has 1 aromatic heterocycles. The summed E-state index contributed by atoms with van der Waals surface area (Å²) in [5.74, 6) is -0.543. The third kappa shape index (κ3) is 5.86. The van der Waals surface area contributed by atoms with Gasteiger partial charge in [-0.15, -0.1) is 11.3 Å². The topological polar surface area (TPSA) is 62.3 Å². The van der Waals surface area contributed by atoms with E-state index in [0.717, 1.165) is 33.6 Å². The molecule has 3 aromatic rings. The van der Waals surface area contributed by atoms with Crippen molar-refractivity contribution in [1.82, 2.24) is 15.2 Å². The molecule has 0 spiro atoms. The predicted molar refractivity (Wildman–Crippen MR) is 132 cm³/mol. The Morgan fingerprint density at radius 3 is 2.67 bits per heavy atom. The lowest BCUT2D eigenvalue weighted by Gasteiger charge is -2.33. The minimum absolute atomic E-state index is 0.132. The van der Waals surface area contributed by atoms with E-state index in [-0.39, 0.29) is 24.1 Å². The van der Waals surface area contributed by atoms with Gasteiger partial charge in [-0.2, -0.15) is 0 Å². The van der Waals surface area contributed by atoms with Gasteiger partial charge >= 0.3 is 0 Å². The second-order valence-corrected chi connectivity index (χ2v) is 10.0. The Bertz CT molecular complexity index is 1140. The van der Waals surface area contributed by atoms with Crippen LogP contribution in [0.2, 0.25) is 0 Å². The van der Waals surface area contributed by atoms with Gasteiger partial charge in [-0.05, 0) is 36.6 Å². The minimum atomic E-state index is -0.779. The Hall–Kier alpha value is -2.58. The highest BCUT2D eigenvalue weighted by Gasteiger charge is 2.31. The SMILES string of the molecule is CC(=O)NC(Cc1ccccc1F)C(=O)N1CCC(c2nc(-c3cccc(Br)c3)cs2)CC1. The number of benzene rings is 2. The minimum Gasteiger partial charge on any atom is -0.344 e. The molecular formula is C25H25BrFN3O2S. The molecule has 1 fully saturated rings. The van der Waals surface area contributed by atoms with Gasteiger partial charge in [0, 0.05) is 47.8 Å². The average molecular weight is 530 g/mol. The molecule has 0 bridgehead atoms. The van der Waals surface area contributed by atoms with Gasteiger partial charge in [0.2, 0.25) is 11.8 Å². The molecule has 4 rings (SSSR count). The molecular weight excluding hydrogens is 505 g/mol. The van der Waals surface area contributed by atoms with Crippen LogP contribution in [0.25, 0.3) is 11.3 Å². The van der Waals surface area contributed by atoms with Crippen LogP contribution in [-0.2, 0) is 16.0 Å². The van der Waals surface area contributed by atoms with Crippen LogP contribution in [0.4, 0.5) is 4.39 Å². The van der Waals surface area contributed by atoms with Crippen LogP contribution in [0.5, 0.6) is 0 Å². The first-order valence-electron chi connectivity index (χ1n) is 10.9. The van der Waals surface area contributed by atoms with Crippen molar-refractivity contribution >= 4 is 39.1 Å². The van der Waals surface area contributed by atoms with E-state index in [1.54, 1.807) is 34.4 Å². The molecule has 0 saturated carbocycles.